The molecule has 0 aliphatic carbocycles. The Bertz CT molecular complexity index is 275. The molecule has 6 heteroatoms. The van der Waals surface area contributed by atoms with Crippen LogP contribution in [0, 0.1) is 0 Å². The normalized spacial score (nSPS) is 31.1. The fourth-order valence-corrected chi connectivity index (χ4v) is 1.80. The predicted molar refractivity (Wildman–Crippen MR) is 63.0 cm³/mol. The Morgan fingerprint density at radius 3 is 1.62 bits per heavy atom. The number of hydrogen-bond acceptors (Lipinski definition) is 4. The molecule has 0 unspecified atom stereocenters. The summed E-state index contributed by atoms with van der Waals surface area (Å²) in [6.07, 6.45) is 0. The Hall–Kier alpha value is -0.0301. The van der Waals surface area contributed by atoms with Gasteiger partial charge in [-0.15, -0.1) is 0 Å². The average Bonchev–Trinajstić information content (AvgIpc) is 2.52. The van der Waals surface area contributed by atoms with Gasteiger partial charge in [-0.05, 0) is 41.5 Å². The van der Waals surface area contributed by atoms with Crippen molar-refractivity contribution in [3.8, 4) is 0 Å². The van der Waals surface area contributed by atoms with E-state index >= 15 is 0 Å². The summed E-state index contributed by atoms with van der Waals surface area (Å²) in [6.45, 7) is 12.7. The molecule has 0 saturated carbocycles. The summed E-state index contributed by atoms with van der Waals surface area (Å²) in [5.41, 5.74) is -0.928. The minimum Gasteiger partial charge on any atom is -0.410 e. The molecule has 2 aliphatic rings. The quantitative estimate of drug-likeness (QED) is 0.634. The van der Waals surface area contributed by atoms with Gasteiger partial charge in [-0.1, -0.05) is 0 Å². The highest BCUT2D eigenvalue weighted by Gasteiger charge is 2.59. The lowest BCUT2D eigenvalue weighted by Crippen LogP contribution is -2.41. The standard InChI is InChI=1S/C10H20B2O4/c1-8(2)7-13-11(14-8)12-15-9(3,4)10(5,6)16-12/h7H2,1-6H3. The molecule has 2 aliphatic heterocycles. The van der Waals surface area contributed by atoms with Crippen molar-refractivity contribution in [2.45, 2.75) is 58.3 Å². The highest BCUT2D eigenvalue weighted by atomic mass is 16.7. The van der Waals surface area contributed by atoms with Crippen LogP contribution in [-0.4, -0.2) is 37.4 Å². The molecule has 4 nitrogen and oxygen atoms in total. The molecule has 2 saturated heterocycles. The maximum absolute atomic E-state index is 5.87. The Morgan fingerprint density at radius 1 is 0.750 bits per heavy atom. The van der Waals surface area contributed by atoms with Crippen molar-refractivity contribution in [1.29, 1.82) is 0 Å². The van der Waals surface area contributed by atoms with Gasteiger partial charge in [0, 0.05) is 0 Å². The minimum absolute atomic E-state index is 0.256. The molecule has 2 heterocycles. The first-order valence-corrected chi connectivity index (χ1v) is 5.78. The largest absolute Gasteiger partial charge is 0.488 e. The number of hydrogen-bond donors (Lipinski definition) is 0. The van der Waals surface area contributed by atoms with Crippen LogP contribution in [-0.2, 0) is 18.6 Å². The summed E-state index contributed by atoms with van der Waals surface area (Å²) in [6, 6.07) is 0. The molecule has 0 aromatic heterocycles. The van der Waals surface area contributed by atoms with Gasteiger partial charge in [-0.2, -0.15) is 0 Å². The van der Waals surface area contributed by atoms with E-state index < -0.39 is 14.0 Å². The third-order valence-electron chi connectivity index (χ3n) is 3.52. The predicted octanol–water partition coefficient (Wildman–Crippen LogP) is 1.47. The third-order valence-corrected chi connectivity index (χ3v) is 3.52. The van der Waals surface area contributed by atoms with Gasteiger partial charge in [0.15, 0.2) is 0 Å². The lowest BCUT2D eigenvalue weighted by atomic mass is 9.49. The third kappa shape index (κ3) is 2.04. The molecule has 0 bridgehead atoms. The van der Waals surface area contributed by atoms with Crippen LogP contribution in [0.15, 0.2) is 0 Å². The van der Waals surface area contributed by atoms with E-state index in [-0.39, 0.29) is 16.8 Å². The second kappa shape index (κ2) is 3.48. The molecule has 0 aromatic carbocycles. The summed E-state index contributed by atoms with van der Waals surface area (Å²) >= 11 is 0. The Labute approximate surface area is 98.2 Å². The van der Waals surface area contributed by atoms with Gasteiger partial charge in [0.2, 0.25) is 0 Å². The molecule has 0 radical (unpaired) electrons. The van der Waals surface area contributed by atoms with Crippen LogP contribution in [0.25, 0.3) is 0 Å². The lowest BCUT2D eigenvalue weighted by Gasteiger charge is -2.32. The zero-order valence-corrected chi connectivity index (χ0v) is 11.0. The fraction of sp³-hybridized carbons (Fsp3) is 1.00. The summed E-state index contributed by atoms with van der Waals surface area (Å²) in [5, 5.41) is 0. The first-order chi connectivity index (χ1) is 7.13. The van der Waals surface area contributed by atoms with Crippen molar-refractivity contribution < 1.29 is 18.6 Å². The van der Waals surface area contributed by atoms with Gasteiger partial charge >= 0.3 is 14.0 Å². The molecule has 0 amide bonds. The van der Waals surface area contributed by atoms with Gasteiger partial charge in [0.25, 0.3) is 0 Å². The van der Waals surface area contributed by atoms with Crippen molar-refractivity contribution in [1.82, 2.24) is 0 Å². The summed E-state index contributed by atoms with van der Waals surface area (Å²) in [4.78, 5) is 0. The Kier molecular flexibility index (Phi) is 2.70. The molecule has 0 N–H and O–H groups in total. The van der Waals surface area contributed by atoms with E-state index in [2.05, 4.69) is 0 Å². The van der Waals surface area contributed by atoms with E-state index in [1.807, 2.05) is 41.5 Å². The van der Waals surface area contributed by atoms with Crippen LogP contribution in [0.1, 0.15) is 41.5 Å². The van der Waals surface area contributed by atoms with Crippen LogP contribution in [0.4, 0.5) is 0 Å². The van der Waals surface area contributed by atoms with Gasteiger partial charge in [0.05, 0.1) is 23.4 Å². The molecule has 2 rings (SSSR count). The van der Waals surface area contributed by atoms with Crippen molar-refractivity contribution in [2.24, 2.45) is 0 Å². The van der Waals surface area contributed by atoms with Gasteiger partial charge in [0.1, 0.15) is 0 Å². The molecular formula is C10H20B2O4. The second-order valence-corrected chi connectivity index (χ2v) is 6.18. The van der Waals surface area contributed by atoms with Crippen molar-refractivity contribution in [3.63, 3.8) is 0 Å². The van der Waals surface area contributed by atoms with Crippen LogP contribution in [0.5, 0.6) is 0 Å². The van der Waals surface area contributed by atoms with Crippen LogP contribution in [0.2, 0.25) is 0 Å². The van der Waals surface area contributed by atoms with Crippen molar-refractivity contribution >= 4 is 14.0 Å². The van der Waals surface area contributed by atoms with Crippen molar-refractivity contribution in [3.05, 3.63) is 0 Å². The van der Waals surface area contributed by atoms with E-state index in [4.69, 9.17) is 18.6 Å². The minimum atomic E-state index is -0.438. The zero-order valence-electron chi connectivity index (χ0n) is 11.0. The maximum Gasteiger partial charge on any atom is 0.488 e. The maximum atomic E-state index is 5.87. The van der Waals surface area contributed by atoms with E-state index in [1.165, 1.54) is 0 Å². The number of rotatable bonds is 1. The molecular weight excluding hydrogens is 206 g/mol. The Balaban J connectivity index is 2.05. The zero-order chi connectivity index (χ0) is 12.2. The van der Waals surface area contributed by atoms with Crippen LogP contribution in [0.3, 0.4) is 0 Å². The van der Waals surface area contributed by atoms with E-state index in [1.54, 1.807) is 0 Å². The smallest absolute Gasteiger partial charge is 0.410 e. The highest BCUT2D eigenvalue weighted by molar-refractivity contribution is 7.11. The van der Waals surface area contributed by atoms with E-state index in [0.717, 1.165) is 0 Å². The van der Waals surface area contributed by atoms with E-state index in [9.17, 15) is 0 Å². The summed E-state index contributed by atoms with van der Waals surface area (Å²) in [5.74, 6) is 0. The summed E-state index contributed by atoms with van der Waals surface area (Å²) < 4.78 is 23.1. The molecule has 2 fully saturated rings. The van der Waals surface area contributed by atoms with Crippen LogP contribution >= 0.6 is 0 Å². The van der Waals surface area contributed by atoms with Crippen LogP contribution < -0.4 is 0 Å². The molecule has 16 heavy (non-hydrogen) atoms. The molecule has 0 atom stereocenters. The second-order valence-electron chi connectivity index (χ2n) is 6.18. The topological polar surface area (TPSA) is 36.9 Å². The van der Waals surface area contributed by atoms with Gasteiger partial charge in [-0.3, -0.25) is 0 Å². The Morgan fingerprint density at radius 2 is 1.25 bits per heavy atom. The fourth-order valence-electron chi connectivity index (χ4n) is 1.80. The summed E-state index contributed by atoms with van der Waals surface area (Å²) in [7, 11) is -0.858. The average molecular weight is 226 g/mol. The van der Waals surface area contributed by atoms with Gasteiger partial charge < -0.3 is 18.6 Å². The lowest BCUT2D eigenvalue weighted by molar-refractivity contribution is 0.00578. The monoisotopic (exact) mass is 226 g/mol. The first-order valence-electron chi connectivity index (χ1n) is 5.78. The van der Waals surface area contributed by atoms with Crippen molar-refractivity contribution in [2.75, 3.05) is 6.61 Å². The molecule has 0 aromatic rings. The highest BCUT2D eigenvalue weighted by Crippen LogP contribution is 2.38. The molecule has 90 valence electrons. The SMILES string of the molecule is CC1(C)COB(B2OC(C)(C)C(C)(C)O2)O1. The molecule has 0 spiro atoms. The first kappa shape index (κ1) is 12.4. The van der Waals surface area contributed by atoms with E-state index in [0.29, 0.717) is 6.61 Å². The van der Waals surface area contributed by atoms with Gasteiger partial charge in [-0.25, -0.2) is 0 Å².